The molecular weight excluding hydrogens is 427 g/mol. The molecule has 0 bridgehead atoms. The van der Waals surface area contributed by atoms with Gasteiger partial charge in [0, 0.05) is 5.69 Å². The summed E-state index contributed by atoms with van der Waals surface area (Å²) in [7, 11) is 0. The molecular formula is C19H19BrF3NO3. The molecule has 4 nitrogen and oxygen atoms in total. The highest BCUT2D eigenvalue weighted by Gasteiger charge is 2.30. The Kier molecular flexibility index (Phi) is 6.41. The first-order valence-corrected chi connectivity index (χ1v) is 8.82. The number of alkyl halides is 3. The lowest BCUT2D eigenvalue weighted by atomic mass is 9.87. The van der Waals surface area contributed by atoms with Crippen molar-refractivity contribution in [3.63, 3.8) is 0 Å². The van der Waals surface area contributed by atoms with Crippen molar-refractivity contribution < 1.29 is 27.4 Å². The molecule has 1 N–H and O–H groups in total. The van der Waals surface area contributed by atoms with Crippen LogP contribution < -0.4 is 14.8 Å². The maximum atomic E-state index is 12.1. The van der Waals surface area contributed by atoms with Crippen molar-refractivity contribution >= 4 is 27.5 Å². The van der Waals surface area contributed by atoms with E-state index in [1.54, 1.807) is 6.07 Å². The average molecular weight is 446 g/mol. The number of rotatable bonds is 5. The lowest BCUT2D eigenvalue weighted by Crippen LogP contribution is -2.20. The van der Waals surface area contributed by atoms with Crippen LogP contribution >= 0.6 is 15.9 Å². The Morgan fingerprint density at radius 2 is 1.70 bits per heavy atom. The van der Waals surface area contributed by atoms with Crippen molar-refractivity contribution in [2.24, 2.45) is 0 Å². The zero-order valence-corrected chi connectivity index (χ0v) is 16.6. The van der Waals surface area contributed by atoms with E-state index in [9.17, 15) is 18.0 Å². The molecule has 0 aromatic heterocycles. The number of anilines is 1. The molecule has 8 heteroatoms. The standard InChI is InChI=1S/C19H19BrF3NO3/c1-18(2,3)12-4-9-16(15(20)10-12)26-11-17(25)24-13-5-7-14(8-6-13)27-19(21,22)23/h4-10H,11H2,1-3H3,(H,24,25). The van der Waals surface area contributed by atoms with E-state index in [1.807, 2.05) is 12.1 Å². The minimum absolute atomic E-state index is 0.0135. The van der Waals surface area contributed by atoms with Crippen LogP contribution in [0.5, 0.6) is 11.5 Å². The van der Waals surface area contributed by atoms with Gasteiger partial charge in [0.05, 0.1) is 4.47 Å². The third-order valence-corrected chi connectivity index (χ3v) is 4.15. The zero-order chi connectivity index (χ0) is 20.2. The van der Waals surface area contributed by atoms with E-state index in [1.165, 1.54) is 12.1 Å². The summed E-state index contributed by atoms with van der Waals surface area (Å²) < 4.78 is 46.4. The summed E-state index contributed by atoms with van der Waals surface area (Å²) in [5, 5.41) is 2.54. The van der Waals surface area contributed by atoms with Crippen LogP contribution in [0, 0.1) is 0 Å². The van der Waals surface area contributed by atoms with Crippen LogP contribution in [-0.2, 0) is 10.2 Å². The second kappa shape index (κ2) is 8.21. The van der Waals surface area contributed by atoms with Gasteiger partial charge in [-0.15, -0.1) is 13.2 Å². The summed E-state index contributed by atoms with van der Waals surface area (Å²) in [5.41, 5.74) is 1.44. The van der Waals surface area contributed by atoms with Gasteiger partial charge in [0.25, 0.3) is 5.91 Å². The Balaban J connectivity index is 1.91. The maximum Gasteiger partial charge on any atom is 0.573 e. The number of halogens is 4. The van der Waals surface area contributed by atoms with Crippen LogP contribution in [0.2, 0.25) is 0 Å². The summed E-state index contributed by atoms with van der Waals surface area (Å²) in [6.45, 7) is 6.03. The molecule has 2 aromatic carbocycles. The van der Waals surface area contributed by atoms with E-state index >= 15 is 0 Å². The third-order valence-electron chi connectivity index (χ3n) is 3.53. The highest BCUT2D eigenvalue weighted by Crippen LogP contribution is 2.31. The summed E-state index contributed by atoms with van der Waals surface area (Å²) in [5.74, 6) is -0.280. The van der Waals surface area contributed by atoms with E-state index in [4.69, 9.17) is 4.74 Å². The molecule has 0 spiro atoms. The lowest BCUT2D eigenvalue weighted by Gasteiger charge is -2.20. The lowest BCUT2D eigenvalue weighted by molar-refractivity contribution is -0.274. The molecule has 2 rings (SSSR count). The first-order chi connectivity index (χ1) is 12.4. The summed E-state index contributed by atoms with van der Waals surface area (Å²) in [6.07, 6.45) is -4.76. The molecule has 2 aromatic rings. The molecule has 0 saturated heterocycles. The molecule has 0 heterocycles. The maximum absolute atomic E-state index is 12.1. The average Bonchev–Trinajstić information content (AvgIpc) is 2.53. The molecule has 0 radical (unpaired) electrons. The Hall–Kier alpha value is -2.22. The van der Waals surface area contributed by atoms with Crippen LogP contribution in [0.15, 0.2) is 46.9 Å². The predicted molar refractivity (Wildman–Crippen MR) is 100 cm³/mol. The summed E-state index contributed by atoms with van der Waals surface area (Å²) in [6, 6.07) is 10.5. The van der Waals surface area contributed by atoms with Crippen LogP contribution in [0.3, 0.4) is 0 Å². The molecule has 1 amide bonds. The first-order valence-electron chi connectivity index (χ1n) is 8.02. The van der Waals surface area contributed by atoms with Gasteiger partial charge in [-0.1, -0.05) is 26.8 Å². The van der Waals surface area contributed by atoms with Crippen molar-refractivity contribution in [1.82, 2.24) is 0 Å². The van der Waals surface area contributed by atoms with E-state index in [-0.39, 0.29) is 17.8 Å². The Bertz CT molecular complexity index is 799. The molecule has 0 atom stereocenters. The van der Waals surface area contributed by atoms with Gasteiger partial charge in [-0.25, -0.2) is 0 Å². The van der Waals surface area contributed by atoms with Crippen molar-refractivity contribution in [2.75, 3.05) is 11.9 Å². The Morgan fingerprint density at radius 1 is 1.07 bits per heavy atom. The van der Waals surface area contributed by atoms with Gasteiger partial charge in [-0.3, -0.25) is 4.79 Å². The number of nitrogens with one attached hydrogen (secondary N) is 1. The van der Waals surface area contributed by atoms with E-state index in [0.29, 0.717) is 11.4 Å². The van der Waals surface area contributed by atoms with Gasteiger partial charge >= 0.3 is 6.36 Å². The molecule has 146 valence electrons. The fourth-order valence-electron chi connectivity index (χ4n) is 2.16. The fourth-order valence-corrected chi connectivity index (χ4v) is 2.66. The SMILES string of the molecule is CC(C)(C)c1ccc(OCC(=O)Nc2ccc(OC(F)(F)F)cc2)c(Br)c1. The molecule has 27 heavy (non-hydrogen) atoms. The van der Waals surface area contributed by atoms with Gasteiger partial charge in [0.15, 0.2) is 6.61 Å². The van der Waals surface area contributed by atoms with Gasteiger partial charge in [-0.2, -0.15) is 0 Å². The molecule has 0 aliphatic heterocycles. The number of amides is 1. The highest BCUT2D eigenvalue weighted by molar-refractivity contribution is 9.10. The van der Waals surface area contributed by atoms with Crippen molar-refractivity contribution in [1.29, 1.82) is 0 Å². The van der Waals surface area contributed by atoms with Crippen LogP contribution in [0.25, 0.3) is 0 Å². The van der Waals surface area contributed by atoms with Crippen molar-refractivity contribution in [3.05, 3.63) is 52.5 Å². The monoisotopic (exact) mass is 445 g/mol. The molecule has 0 unspecified atom stereocenters. The van der Waals surface area contributed by atoms with Gasteiger partial charge in [0.2, 0.25) is 0 Å². The molecule has 0 aliphatic carbocycles. The van der Waals surface area contributed by atoms with Crippen LogP contribution in [0.4, 0.5) is 18.9 Å². The van der Waals surface area contributed by atoms with Gasteiger partial charge in [0.1, 0.15) is 11.5 Å². The summed E-state index contributed by atoms with van der Waals surface area (Å²) >= 11 is 3.43. The number of carbonyl (C=O) groups is 1. The smallest absolute Gasteiger partial charge is 0.483 e. The normalized spacial score (nSPS) is 11.8. The zero-order valence-electron chi connectivity index (χ0n) is 15.0. The van der Waals surface area contributed by atoms with Crippen LogP contribution in [0.1, 0.15) is 26.3 Å². The van der Waals surface area contributed by atoms with E-state index < -0.39 is 12.3 Å². The highest BCUT2D eigenvalue weighted by atomic mass is 79.9. The van der Waals surface area contributed by atoms with E-state index in [0.717, 1.165) is 22.2 Å². The van der Waals surface area contributed by atoms with E-state index in [2.05, 4.69) is 46.8 Å². The quantitative estimate of drug-likeness (QED) is 0.645. The number of hydrogen-bond donors (Lipinski definition) is 1. The second-order valence-corrected chi connectivity index (χ2v) is 7.66. The second-order valence-electron chi connectivity index (χ2n) is 6.80. The number of ether oxygens (including phenoxy) is 2. The minimum atomic E-state index is -4.76. The topological polar surface area (TPSA) is 47.6 Å². The summed E-state index contributed by atoms with van der Waals surface area (Å²) in [4.78, 5) is 12.0. The molecule has 0 saturated carbocycles. The Morgan fingerprint density at radius 3 is 2.22 bits per heavy atom. The molecule has 0 fully saturated rings. The van der Waals surface area contributed by atoms with Gasteiger partial charge < -0.3 is 14.8 Å². The first kappa shape index (κ1) is 21.1. The number of benzene rings is 2. The number of hydrogen-bond acceptors (Lipinski definition) is 3. The van der Waals surface area contributed by atoms with Crippen LogP contribution in [-0.4, -0.2) is 18.9 Å². The van der Waals surface area contributed by atoms with Crippen molar-refractivity contribution in [3.8, 4) is 11.5 Å². The third kappa shape index (κ3) is 6.78. The number of carbonyl (C=O) groups excluding carboxylic acids is 1. The largest absolute Gasteiger partial charge is 0.573 e. The van der Waals surface area contributed by atoms with Gasteiger partial charge in [-0.05, 0) is 63.3 Å². The van der Waals surface area contributed by atoms with Crippen molar-refractivity contribution in [2.45, 2.75) is 32.5 Å². The fraction of sp³-hybridized carbons (Fsp3) is 0.316. The Labute approximate surface area is 163 Å². The minimum Gasteiger partial charge on any atom is -0.483 e. The molecule has 0 aliphatic rings. The predicted octanol–water partition coefficient (Wildman–Crippen LogP) is 5.66.